The van der Waals surface area contributed by atoms with Crippen LogP contribution in [0.25, 0.3) is 0 Å². The zero-order valence-electron chi connectivity index (χ0n) is 4.73. The zero-order chi connectivity index (χ0) is 5.70. The van der Waals surface area contributed by atoms with Gasteiger partial charge in [0, 0.05) is 0 Å². The summed E-state index contributed by atoms with van der Waals surface area (Å²) < 4.78 is 0. The molecule has 2 nitrogen and oxygen atoms in total. The molecule has 0 amide bonds. The molecule has 0 saturated heterocycles. The summed E-state index contributed by atoms with van der Waals surface area (Å²) in [4.78, 5) is 0. The van der Waals surface area contributed by atoms with Crippen molar-refractivity contribution in [2.45, 2.75) is 19.9 Å². The second kappa shape index (κ2) is 3.63. The largest absolute Gasteiger partial charge is 0.302 e. The third kappa shape index (κ3) is 3.28. The van der Waals surface area contributed by atoms with Crippen molar-refractivity contribution in [2.75, 3.05) is 6.54 Å². The molecule has 0 spiro atoms. The van der Waals surface area contributed by atoms with Gasteiger partial charge in [0.05, 0.1) is 12.1 Å². The molecule has 0 aliphatic heterocycles. The quantitative estimate of drug-likeness (QED) is 0.546. The maximum Gasteiger partial charge on any atom is 0.0924 e. The smallest absolute Gasteiger partial charge is 0.0924 e. The zero-order valence-corrected chi connectivity index (χ0v) is 4.73. The van der Waals surface area contributed by atoms with Crippen LogP contribution in [0.4, 0.5) is 0 Å². The molecule has 2 heteroatoms. The summed E-state index contributed by atoms with van der Waals surface area (Å²) in [6.45, 7) is 4.69. The fraction of sp³-hybridized carbons (Fsp3) is 0.800. The van der Waals surface area contributed by atoms with Crippen molar-refractivity contribution in [3.63, 3.8) is 0 Å². The lowest BCUT2D eigenvalue weighted by molar-refractivity contribution is 0.670. The Hall–Kier alpha value is -0.550. The Bertz CT molecular complexity index is 72.6. The summed E-state index contributed by atoms with van der Waals surface area (Å²) in [6.07, 6.45) is 0. The van der Waals surface area contributed by atoms with Crippen LogP contribution in [0.1, 0.15) is 13.8 Å². The molecule has 1 atom stereocenters. The Kier molecular flexibility index (Phi) is 3.35. The fourth-order valence-corrected chi connectivity index (χ4v) is 0.352. The Balaban J connectivity index is 3.04. The average Bonchev–Trinajstić information content (AvgIpc) is 1.68. The van der Waals surface area contributed by atoms with Gasteiger partial charge in [-0.2, -0.15) is 5.26 Å². The van der Waals surface area contributed by atoms with Crippen molar-refractivity contribution in [3.05, 3.63) is 0 Å². The predicted octanol–water partition coefficient (Wildman–Crippen LogP) is 0.508. The molecule has 0 radical (unpaired) electrons. The van der Waals surface area contributed by atoms with Crippen molar-refractivity contribution in [2.24, 2.45) is 0 Å². The van der Waals surface area contributed by atoms with Crippen LogP contribution in [0.2, 0.25) is 0 Å². The van der Waals surface area contributed by atoms with Crippen LogP contribution in [-0.2, 0) is 0 Å². The van der Waals surface area contributed by atoms with E-state index in [9.17, 15) is 0 Å². The minimum Gasteiger partial charge on any atom is -0.302 e. The molecular weight excluding hydrogens is 88.1 g/mol. The van der Waals surface area contributed by atoms with E-state index in [-0.39, 0.29) is 6.04 Å². The SMILES string of the molecule is CCNC(C)C#N. The molecule has 0 rings (SSSR count). The van der Waals surface area contributed by atoms with E-state index in [1.165, 1.54) is 0 Å². The van der Waals surface area contributed by atoms with Crippen LogP contribution in [0.5, 0.6) is 0 Å². The van der Waals surface area contributed by atoms with Crippen LogP contribution in [-0.4, -0.2) is 12.6 Å². The number of nitriles is 1. The Morgan fingerprint density at radius 2 is 2.43 bits per heavy atom. The number of nitrogens with zero attached hydrogens (tertiary/aromatic N) is 1. The molecule has 40 valence electrons. The molecule has 0 aromatic heterocycles. The second-order valence-electron chi connectivity index (χ2n) is 1.41. The van der Waals surface area contributed by atoms with E-state index >= 15 is 0 Å². The van der Waals surface area contributed by atoms with Gasteiger partial charge in [0.25, 0.3) is 0 Å². The van der Waals surface area contributed by atoms with E-state index in [0.29, 0.717) is 0 Å². The standard InChI is InChI=1S/C5H10N2/c1-3-7-5(2)4-6/h5,7H,3H2,1-2H3. The minimum absolute atomic E-state index is 0.00463. The number of hydrogen-bond donors (Lipinski definition) is 1. The predicted molar refractivity (Wildman–Crippen MR) is 28.8 cm³/mol. The molecule has 1 N–H and O–H groups in total. The van der Waals surface area contributed by atoms with Gasteiger partial charge in [0.15, 0.2) is 0 Å². The van der Waals surface area contributed by atoms with Gasteiger partial charge in [-0.05, 0) is 13.5 Å². The first-order chi connectivity index (χ1) is 3.31. The van der Waals surface area contributed by atoms with Gasteiger partial charge in [-0.25, -0.2) is 0 Å². The maximum atomic E-state index is 8.15. The average molecular weight is 98.1 g/mol. The molecule has 0 aliphatic carbocycles. The first-order valence-electron chi connectivity index (χ1n) is 2.44. The number of hydrogen-bond acceptors (Lipinski definition) is 2. The lowest BCUT2D eigenvalue weighted by atomic mass is 10.4. The van der Waals surface area contributed by atoms with E-state index in [2.05, 4.69) is 11.4 Å². The molecule has 0 aliphatic rings. The molecule has 0 fully saturated rings. The molecule has 0 heterocycles. The lowest BCUT2D eigenvalue weighted by Gasteiger charge is -1.97. The van der Waals surface area contributed by atoms with E-state index < -0.39 is 0 Å². The second-order valence-corrected chi connectivity index (χ2v) is 1.41. The first kappa shape index (κ1) is 6.45. The van der Waals surface area contributed by atoms with Crippen LogP contribution in [0, 0.1) is 11.3 Å². The van der Waals surface area contributed by atoms with E-state index in [1.54, 1.807) is 0 Å². The number of nitrogens with one attached hydrogen (secondary N) is 1. The molecule has 0 saturated carbocycles. The van der Waals surface area contributed by atoms with Gasteiger partial charge in [0.2, 0.25) is 0 Å². The topological polar surface area (TPSA) is 35.8 Å². The van der Waals surface area contributed by atoms with Gasteiger partial charge in [-0.1, -0.05) is 6.92 Å². The van der Waals surface area contributed by atoms with Crippen molar-refractivity contribution in [3.8, 4) is 6.07 Å². The highest BCUT2D eigenvalue weighted by Gasteiger charge is 1.90. The number of rotatable bonds is 2. The van der Waals surface area contributed by atoms with E-state index in [4.69, 9.17) is 5.26 Å². The summed E-state index contributed by atoms with van der Waals surface area (Å²) >= 11 is 0. The highest BCUT2D eigenvalue weighted by Crippen LogP contribution is 1.71. The molecular formula is C5H10N2. The molecule has 1 unspecified atom stereocenters. The molecule has 0 aromatic carbocycles. The van der Waals surface area contributed by atoms with Gasteiger partial charge in [-0.15, -0.1) is 0 Å². The third-order valence-corrected chi connectivity index (χ3v) is 0.704. The summed E-state index contributed by atoms with van der Waals surface area (Å²) in [5.74, 6) is 0. The van der Waals surface area contributed by atoms with Crippen molar-refractivity contribution in [1.82, 2.24) is 5.32 Å². The Morgan fingerprint density at radius 1 is 1.86 bits per heavy atom. The summed E-state index contributed by atoms with van der Waals surface area (Å²) in [6, 6.07) is 2.06. The van der Waals surface area contributed by atoms with Crippen molar-refractivity contribution >= 4 is 0 Å². The summed E-state index contributed by atoms with van der Waals surface area (Å²) in [7, 11) is 0. The molecule has 7 heavy (non-hydrogen) atoms. The highest BCUT2D eigenvalue weighted by atomic mass is 14.9. The highest BCUT2D eigenvalue weighted by molar-refractivity contribution is 4.84. The Morgan fingerprint density at radius 3 is 2.57 bits per heavy atom. The third-order valence-electron chi connectivity index (χ3n) is 0.704. The van der Waals surface area contributed by atoms with Crippen LogP contribution in [0.15, 0.2) is 0 Å². The van der Waals surface area contributed by atoms with E-state index in [0.717, 1.165) is 6.54 Å². The van der Waals surface area contributed by atoms with Gasteiger partial charge in [0.1, 0.15) is 0 Å². The fourth-order valence-electron chi connectivity index (χ4n) is 0.352. The van der Waals surface area contributed by atoms with Crippen molar-refractivity contribution < 1.29 is 0 Å². The monoisotopic (exact) mass is 98.1 g/mol. The Labute approximate surface area is 44.1 Å². The van der Waals surface area contributed by atoms with E-state index in [1.807, 2.05) is 13.8 Å². The molecule has 0 bridgehead atoms. The van der Waals surface area contributed by atoms with Gasteiger partial charge in [-0.3, -0.25) is 0 Å². The molecule has 0 aromatic rings. The van der Waals surface area contributed by atoms with Gasteiger partial charge < -0.3 is 5.32 Å². The van der Waals surface area contributed by atoms with Crippen LogP contribution >= 0.6 is 0 Å². The van der Waals surface area contributed by atoms with Crippen LogP contribution in [0.3, 0.4) is 0 Å². The van der Waals surface area contributed by atoms with Crippen molar-refractivity contribution in [1.29, 1.82) is 5.26 Å². The normalized spacial score (nSPS) is 12.7. The minimum atomic E-state index is 0.00463. The lowest BCUT2D eigenvalue weighted by Crippen LogP contribution is -2.23. The maximum absolute atomic E-state index is 8.15. The summed E-state index contributed by atoms with van der Waals surface area (Å²) in [5, 5.41) is 11.1. The summed E-state index contributed by atoms with van der Waals surface area (Å²) in [5.41, 5.74) is 0. The van der Waals surface area contributed by atoms with Crippen LogP contribution < -0.4 is 5.32 Å². The first-order valence-corrected chi connectivity index (χ1v) is 2.44. The van der Waals surface area contributed by atoms with Gasteiger partial charge >= 0.3 is 0 Å².